The van der Waals surface area contributed by atoms with Crippen molar-refractivity contribution in [2.75, 3.05) is 7.11 Å². The Labute approximate surface area is 208 Å². The molecule has 2 heterocycles. The van der Waals surface area contributed by atoms with Gasteiger partial charge in [0, 0.05) is 11.6 Å². The molecule has 6 nitrogen and oxygen atoms in total. The molecule has 1 atom stereocenters. The van der Waals surface area contributed by atoms with Crippen LogP contribution in [-0.4, -0.2) is 23.0 Å². The van der Waals surface area contributed by atoms with Gasteiger partial charge in [-0.15, -0.1) is 0 Å². The number of aromatic hydroxyl groups is 1. The van der Waals surface area contributed by atoms with Gasteiger partial charge in [0.25, 0.3) is 5.91 Å². The largest absolute Gasteiger partial charge is 0.503 e. The van der Waals surface area contributed by atoms with E-state index in [0.29, 0.717) is 26.0 Å². The minimum Gasteiger partial charge on any atom is -0.503 e. The van der Waals surface area contributed by atoms with Crippen molar-refractivity contribution in [3.05, 3.63) is 102 Å². The second-order valence-corrected chi connectivity index (χ2v) is 9.42. The minimum absolute atomic E-state index is 0.00145. The molecule has 1 aromatic heterocycles. The molecule has 8 heteroatoms. The van der Waals surface area contributed by atoms with Crippen LogP contribution in [0, 0.1) is 6.92 Å². The Morgan fingerprint density at radius 2 is 1.91 bits per heavy atom. The first kappa shape index (κ1) is 22.5. The summed E-state index contributed by atoms with van der Waals surface area (Å²) in [6.45, 7) is 2.05. The van der Waals surface area contributed by atoms with Crippen molar-refractivity contribution in [1.29, 1.82) is 0 Å². The first-order valence-corrected chi connectivity index (χ1v) is 11.7. The molecule has 172 valence electrons. The molecule has 0 spiro atoms. The van der Waals surface area contributed by atoms with Crippen molar-refractivity contribution < 1.29 is 19.1 Å². The van der Waals surface area contributed by atoms with Gasteiger partial charge in [0.2, 0.25) is 5.76 Å². The quantitative estimate of drug-likeness (QED) is 0.345. The van der Waals surface area contributed by atoms with Crippen LogP contribution in [0.15, 0.2) is 68.3 Å². The van der Waals surface area contributed by atoms with Crippen molar-refractivity contribution in [3.63, 3.8) is 0 Å². The van der Waals surface area contributed by atoms with Crippen LogP contribution in [0.2, 0.25) is 5.02 Å². The van der Waals surface area contributed by atoms with Gasteiger partial charge in [-0.05, 0) is 64.3 Å². The summed E-state index contributed by atoms with van der Waals surface area (Å²) in [4.78, 5) is 28.9. The molecule has 4 aromatic rings. The number of fused-ring (bicyclic) bond motifs is 2. The number of phenols is 1. The third kappa shape index (κ3) is 3.56. The van der Waals surface area contributed by atoms with E-state index in [1.165, 1.54) is 7.11 Å². The number of carbonyl (C=O) groups excluding carboxylic acids is 1. The number of aryl methyl sites for hydroxylation is 1. The van der Waals surface area contributed by atoms with Crippen molar-refractivity contribution in [2.24, 2.45) is 0 Å². The predicted octanol–water partition coefficient (Wildman–Crippen LogP) is 5.98. The molecule has 0 fully saturated rings. The average molecular weight is 541 g/mol. The van der Waals surface area contributed by atoms with Crippen LogP contribution in [0.5, 0.6) is 11.5 Å². The van der Waals surface area contributed by atoms with Crippen LogP contribution in [0.3, 0.4) is 0 Å². The maximum Gasteiger partial charge on any atom is 0.291 e. The van der Waals surface area contributed by atoms with Crippen LogP contribution in [0.25, 0.3) is 11.0 Å². The predicted molar refractivity (Wildman–Crippen MR) is 133 cm³/mol. The molecular weight excluding hydrogens is 522 g/mol. The molecular formula is C26H19BrClNO5. The number of phenolic OH excluding ortho intramolecular Hbond substituents is 1. The van der Waals surface area contributed by atoms with Gasteiger partial charge in [-0.25, -0.2) is 0 Å². The summed E-state index contributed by atoms with van der Waals surface area (Å²) in [5, 5.41) is 11.2. The number of ether oxygens (including phenoxy) is 1. The van der Waals surface area contributed by atoms with E-state index in [1.807, 2.05) is 31.2 Å². The van der Waals surface area contributed by atoms with Gasteiger partial charge in [0.05, 0.1) is 28.6 Å². The molecule has 1 aliphatic rings. The summed E-state index contributed by atoms with van der Waals surface area (Å²) in [7, 11) is 1.44. The highest BCUT2D eigenvalue weighted by Crippen LogP contribution is 2.44. The molecule has 0 radical (unpaired) electrons. The lowest BCUT2D eigenvalue weighted by molar-refractivity contribution is 0.0714. The summed E-state index contributed by atoms with van der Waals surface area (Å²) in [5.74, 6) is -0.275. The van der Waals surface area contributed by atoms with E-state index in [2.05, 4.69) is 15.9 Å². The fraction of sp³-hybridized carbons (Fsp3) is 0.154. The Morgan fingerprint density at radius 1 is 1.15 bits per heavy atom. The summed E-state index contributed by atoms with van der Waals surface area (Å²) < 4.78 is 11.7. The average Bonchev–Trinajstić information content (AvgIpc) is 3.09. The zero-order chi connectivity index (χ0) is 24.1. The summed E-state index contributed by atoms with van der Waals surface area (Å²) in [6, 6.07) is 15.0. The van der Waals surface area contributed by atoms with E-state index in [4.69, 9.17) is 20.8 Å². The van der Waals surface area contributed by atoms with Gasteiger partial charge in [-0.1, -0.05) is 41.4 Å². The highest BCUT2D eigenvalue weighted by atomic mass is 79.9. The van der Waals surface area contributed by atoms with Crippen LogP contribution in [-0.2, 0) is 6.54 Å². The van der Waals surface area contributed by atoms with Gasteiger partial charge in [-0.3, -0.25) is 9.59 Å². The van der Waals surface area contributed by atoms with Gasteiger partial charge in [0.1, 0.15) is 5.58 Å². The zero-order valence-corrected chi connectivity index (χ0v) is 20.6. The van der Waals surface area contributed by atoms with E-state index in [1.54, 1.807) is 35.2 Å². The van der Waals surface area contributed by atoms with Crippen LogP contribution in [0.4, 0.5) is 0 Å². The van der Waals surface area contributed by atoms with E-state index < -0.39 is 11.9 Å². The molecule has 1 amide bonds. The van der Waals surface area contributed by atoms with Crippen LogP contribution in [0.1, 0.15) is 38.9 Å². The van der Waals surface area contributed by atoms with Gasteiger partial charge >= 0.3 is 0 Å². The molecule has 1 aliphatic heterocycles. The number of amides is 1. The fourth-order valence-corrected chi connectivity index (χ4v) is 5.02. The Kier molecular flexibility index (Phi) is 5.62. The molecule has 0 unspecified atom stereocenters. The van der Waals surface area contributed by atoms with Gasteiger partial charge < -0.3 is 19.2 Å². The van der Waals surface area contributed by atoms with Crippen molar-refractivity contribution in [2.45, 2.75) is 19.5 Å². The van der Waals surface area contributed by atoms with E-state index >= 15 is 0 Å². The topological polar surface area (TPSA) is 80.0 Å². The summed E-state index contributed by atoms with van der Waals surface area (Å²) >= 11 is 9.75. The molecule has 0 aliphatic carbocycles. The van der Waals surface area contributed by atoms with Crippen molar-refractivity contribution in [3.8, 4) is 11.5 Å². The highest BCUT2D eigenvalue weighted by molar-refractivity contribution is 9.10. The van der Waals surface area contributed by atoms with Crippen molar-refractivity contribution >= 4 is 44.4 Å². The number of hydrogen-bond donors (Lipinski definition) is 1. The number of hydrogen-bond acceptors (Lipinski definition) is 5. The van der Waals surface area contributed by atoms with Crippen molar-refractivity contribution in [1.82, 2.24) is 4.90 Å². The second-order valence-electron chi connectivity index (χ2n) is 8.15. The lowest BCUT2D eigenvalue weighted by Crippen LogP contribution is -2.29. The second kappa shape index (κ2) is 8.49. The monoisotopic (exact) mass is 539 g/mol. The number of benzene rings is 3. The number of nitrogens with zero attached hydrogens (tertiary/aromatic N) is 1. The number of methoxy groups -OCH3 is 1. The Hall–Kier alpha value is -3.29. The smallest absolute Gasteiger partial charge is 0.291 e. The number of carbonyl (C=O) groups is 1. The Balaban J connectivity index is 1.78. The Morgan fingerprint density at radius 3 is 2.65 bits per heavy atom. The highest BCUT2D eigenvalue weighted by Gasteiger charge is 2.43. The minimum atomic E-state index is -0.772. The molecule has 1 N–H and O–H groups in total. The summed E-state index contributed by atoms with van der Waals surface area (Å²) in [5.41, 5.74) is 2.54. The SMILES string of the molecule is COc1cc([C@@H]2c3c(oc4ccc(C)cc4c3=O)C(=O)N2Cc2ccccc2Cl)cc(Br)c1O. The molecule has 0 saturated heterocycles. The molecule has 5 rings (SSSR count). The standard InChI is InChI=1S/C26H19BrClNO5/c1-13-7-8-19-16(9-13)23(30)21-22(15-10-17(27)24(31)20(11-15)33-2)29(26(32)25(21)34-19)12-14-5-3-4-6-18(14)28/h3-11,22,31H,12H2,1-2H3/t22-/m1/s1. The molecule has 0 bridgehead atoms. The lowest BCUT2D eigenvalue weighted by atomic mass is 9.97. The maximum absolute atomic E-state index is 13.7. The third-order valence-corrected chi connectivity index (χ3v) is 6.98. The molecule has 0 saturated carbocycles. The first-order valence-electron chi connectivity index (χ1n) is 10.5. The van der Waals surface area contributed by atoms with Crippen LogP contribution < -0.4 is 10.2 Å². The normalized spacial score (nSPS) is 15.1. The fourth-order valence-electron chi connectivity index (χ4n) is 4.36. The summed E-state index contributed by atoms with van der Waals surface area (Å²) in [6.07, 6.45) is 0. The van der Waals surface area contributed by atoms with E-state index in [0.717, 1.165) is 11.1 Å². The third-order valence-electron chi connectivity index (χ3n) is 6.01. The maximum atomic E-state index is 13.7. The van der Waals surface area contributed by atoms with Gasteiger partial charge in [-0.2, -0.15) is 0 Å². The first-order chi connectivity index (χ1) is 16.3. The van der Waals surface area contributed by atoms with E-state index in [-0.39, 0.29) is 34.8 Å². The Bertz CT molecular complexity index is 1530. The van der Waals surface area contributed by atoms with Crippen LogP contribution >= 0.6 is 27.5 Å². The zero-order valence-electron chi connectivity index (χ0n) is 18.3. The lowest BCUT2D eigenvalue weighted by Gasteiger charge is -2.26. The van der Waals surface area contributed by atoms with E-state index in [9.17, 15) is 14.7 Å². The number of rotatable bonds is 4. The van der Waals surface area contributed by atoms with Gasteiger partial charge in [0.15, 0.2) is 16.9 Å². The molecule has 34 heavy (non-hydrogen) atoms. The molecule has 3 aromatic carbocycles. The number of halogens is 2.